The molecule has 0 aliphatic carbocycles. The van der Waals surface area contributed by atoms with Crippen molar-refractivity contribution in [2.75, 3.05) is 0 Å². The van der Waals surface area contributed by atoms with Gasteiger partial charge in [-0.05, 0) is 50.3 Å². The second kappa shape index (κ2) is 6.78. The molecule has 4 heteroatoms. The summed E-state index contributed by atoms with van der Waals surface area (Å²) in [4.78, 5) is 18.9. The molecule has 0 amide bonds. The van der Waals surface area contributed by atoms with Gasteiger partial charge in [-0.25, -0.2) is 0 Å². The monoisotopic (exact) mass is 376 g/mol. The lowest BCUT2D eigenvalue weighted by Gasteiger charge is -2.29. The molecule has 0 saturated carbocycles. The lowest BCUT2D eigenvalue weighted by Crippen LogP contribution is -2.18. The fourth-order valence-corrected chi connectivity index (χ4v) is 3.52. The maximum atomic E-state index is 9.45. The molecule has 0 aromatic heterocycles. The molecule has 2 N–H and O–H groups in total. The molecular weight excluding hydrogens is 343 g/mol. The number of fused-ring (bicyclic) bond motifs is 1. The van der Waals surface area contributed by atoms with E-state index in [9.17, 15) is 9.79 Å². The smallest absolute Gasteiger partial charge is 0.391 e. The molecule has 26 heavy (non-hydrogen) atoms. The number of benzene rings is 2. The van der Waals surface area contributed by atoms with E-state index >= 15 is 0 Å². The molecule has 0 aliphatic heterocycles. The van der Waals surface area contributed by atoms with Crippen molar-refractivity contribution in [3.8, 4) is 5.75 Å². The lowest BCUT2D eigenvalue weighted by atomic mass is 9.76. The van der Waals surface area contributed by atoms with Crippen LogP contribution in [0.3, 0.4) is 0 Å². The van der Waals surface area contributed by atoms with Gasteiger partial charge in [-0.3, -0.25) is 0 Å². The van der Waals surface area contributed by atoms with E-state index in [4.69, 9.17) is 4.52 Å². The van der Waals surface area contributed by atoms with E-state index in [1.54, 1.807) is 0 Å². The largest absolute Gasteiger partial charge is 0.427 e. The van der Waals surface area contributed by atoms with Gasteiger partial charge in [0.2, 0.25) is 0 Å². The van der Waals surface area contributed by atoms with Crippen molar-refractivity contribution >= 4 is 19.4 Å². The Morgan fingerprint density at radius 2 is 1.23 bits per heavy atom. The predicted molar refractivity (Wildman–Crippen MR) is 112 cm³/mol. The van der Waals surface area contributed by atoms with Crippen LogP contribution >= 0.6 is 8.60 Å². The fraction of sp³-hybridized carbons (Fsp3) is 0.545. The van der Waals surface area contributed by atoms with E-state index in [0.717, 1.165) is 10.9 Å². The standard InChI is InChI=1S/C22H33O3P/c1-20(2,3)15-10-14-11-18(22(7,8)9)19(25-26(23)24)13-16(14)17(12-15)21(4,5)6/h10-13,23-24H,1-9H3. The minimum atomic E-state index is -2.46. The molecule has 2 aromatic rings. The van der Waals surface area contributed by atoms with Crippen LogP contribution in [0.25, 0.3) is 10.8 Å². The van der Waals surface area contributed by atoms with Crippen molar-refractivity contribution in [1.29, 1.82) is 0 Å². The molecule has 0 fully saturated rings. The van der Waals surface area contributed by atoms with E-state index in [0.29, 0.717) is 5.75 Å². The summed E-state index contributed by atoms with van der Waals surface area (Å²) in [5.41, 5.74) is 3.36. The van der Waals surface area contributed by atoms with Crippen molar-refractivity contribution in [2.45, 2.75) is 78.6 Å². The lowest BCUT2D eigenvalue weighted by molar-refractivity contribution is 0.370. The van der Waals surface area contributed by atoms with Gasteiger partial charge in [-0.2, -0.15) is 0 Å². The van der Waals surface area contributed by atoms with Crippen LogP contribution in [-0.4, -0.2) is 9.79 Å². The summed E-state index contributed by atoms with van der Waals surface area (Å²) in [6, 6.07) is 8.66. The van der Waals surface area contributed by atoms with Crippen LogP contribution in [0.1, 0.15) is 79.0 Å². The first-order valence-corrected chi connectivity index (χ1v) is 10.3. The topological polar surface area (TPSA) is 49.7 Å². The van der Waals surface area contributed by atoms with Crippen molar-refractivity contribution in [3.05, 3.63) is 41.0 Å². The first-order chi connectivity index (χ1) is 11.6. The van der Waals surface area contributed by atoms with Crippen molar-refractivity contribution < 1.29 is 14.3 Å². The van der Waals surface area contributed by atoms with Gasteiger partial charge in [0.05, 0.1) is 0 Å². The zero-order chi connectivity index (χ0) is 20.1. The van der Waals surface area contributed by atoms with Gasteiger partial charge >= 0.3 is 8.60 Å². The molecular formula is C22H33O3P. The quantitative estimate of drug-likeness (QED) is 0.603. The first-order valence-electron chi connectivity index (χ1n) is 9.10. The zero-order valence-corrected chi connectivity index (χ0v) is 18.5. The Morgan fingerprint density at radius 3 is 1.65 bits per heavy atom. The third kappa shape index (κ3) is 4.57. The number of hydrogen-bond acceptors (Lipinski definition) is 3. The highest BCUT2D eigenvalue weighted by Gasteiger charge is 2.26. The molecule has 0 bridgehead atoms. The van der Waals surface area contributed by atoms with Crippen LogP contribution in [-0.2, 0) is 16.2 Å². The summed E-state index contributed by atoms with van der Waals surface area (Å²) in [6.07, 6.45) is 0. The Morgan fingerprint density at radius 1 is 0.692 bits per heavy atom. The second-order valence-corrected chi connectivity index (χ2v) is 10.9. The molecule has 0 radical (unpaired) electrons. The molecule has 2 aromatic carbocycles. The van der Waals surface area contributed by atoms with Gasteiger partial charge in [-0.1, -0.05) is 74.4 Å². The molecule has 0 atom stereocenters. The Balaban J connectivity index is 2.92. The van der Waals surface area contributed by atoms with Crippen LogP contribution in [0, 0.1) is 0 Å². The molecule has 0 heterocycles. The number of rotatable bonds is 2. The van der Waals surface area contributed by atoms with E-state index in [1.165, 1.54) is 16.5 Å². The van der Waals surface area contributed by atoms with Gasteiger partial charge in [-0.15, -0.1) is 0 Å². The second-order valence-electron chi connectivity index (χ2n) is 10.2. The normalized spacial score (nSPS) is 13.5. The predicted octanol–water partition coefficient (Wildman–Crippen LogP) is 6.32. The van der Waals surface area contributed by atoms with Crippen molar-refractivity contribution in [1.82, 2.24) is 0 Å². The third-order valence-electron chi connectivity index (χ3n) is 4.71. The summed E-state index contributed by atoms with van der Waals surface area (Å²) in [7, 11) is -2.46. The molecule has 0 spiro atoms. The third-order valence-corrected chi connectivity index (χ3v) is 5.07. The highest BCUT2D eigenvalue weighted by Crippen LogP contribution is 2.43. The summed E-state index contributed by atoms with van der Waals surface area (Å²) < 4.78 is 5.42. The number of hydrogen-bond donors (Lipinski definition) is 2. The van der Waals surface area contributed by atoms with E-state index in [-0.39, 0.29) is 16.2 Å². The Hall–Kier alpha value is -1.15. The van der Waals surface area contributed by atoms with Crippen molar-refractivity contribution in [2.24, 2.45) is 0 Å². The molecule has 0 saturated heterocycles. The van der Waals surface area contributed by atoms with Gasteiger partial charge < -0.3 is 14.3 Å². The Kier molecular flexibility index (Phi) is 5.52. The van der Waals surface area contributed by atoms with Gasteiger partial charge in [0, 0.05) is 5.56 Å². The van der Waals surface area contributed by atoms with Gasteiger partial charge in [0.25, 0.3) is 0 Å². The average Bonchev–Trinajstić information content (AvgIpc) is 2.41. The van der Waals surface area contributed by atoms with E-state index < -0.39 is 8.60 Å². The van der Waals surface area contributed by atoms with Crippen molar-refractivity contribution in [3.63, 3.8) is 0 Å². The molecule has 2 rings (SSSR count). The Labute approximate surface area is 159 Å². The summed E-state index contributed by atoms with van der Waals surface area (Å²) in [5, 5.41) is 2.27. The molecule has 0 unspecified atom stereocenters. The summed E-state index contributed by atoms with van der Waals surface area (Å²) in [5.74, 6) is 0.551. The minimum Gasteiger partial charge on any atom is -0.427 e. The fourth-order valence-electron chi connectivity index (χ4n) is 3.19. The minimum absolute atomic E-state index is 0.0385. The van der Waals surface area contributed by atoms with Crippen LogP contribution in [0.2, 0.25) is 0 Å². The first kappa shape index (κ1) is 21.2. The highest BCUT2D eigenvalue weighted by atomic mass is 31.2. The Bertz CT molecular complexity index is 803. The summed E-state index contributed by atoms with van der Waals surface area (Å²) >= 11 is 0. The van der Waals surface area contributed by atoms with E-state index in [1.807, 2.05) is 6.07 Å². The molecule has 3 nitrogen and oxygen atoms in total. The molecule has 0 aliphatic rings. The van der Waals surface area contributed by atoms with Crippen LogP contribution < -0.4 is 4.52 Å². The van der Waals surface area contributed by atoms with E-state index in [2.05, 4.69) is 80.5 Å². The SMILES string of the molecule is CC(C)(C)c1cc(C(C)(C)C)c2cc(OP(O)O)c(C(C)(C)C)cc2c1. The zero-order valence-electron chi connectivity index (χ0n) is 17.6. The molecule has 144 valence electrons. The van der Waals surface area contributed by atoms with Gasteiger partial charge in [0.1, 0.15) is 5.75 Å². The highest BCUT2D eigenvalue weighted by molar-refractivity contribution is 7.39. The maximum absolute atomic E-state index is 9.45. The van der Waals surface area contributed by atoms with Gasteiger partial charge in [0.15, 0.2) is 0 Å². The average molecular weight is 376 g/mol. The summed E-state index contributed by atoms with van der Waals surface area (Å²) in [6.45, 7) is 19.6. The van der Waals surface area contributed by atoms with Crippen LogP contribution in [0.15, 0.2) is 24.3 Å². The van der Waals surface area contributed by atoms with Crippen LogP contribution in [0.4, 0.5) is 0 Å². The maximum Gasteiger partial charge on any atom is 0.391 e. The van der Waals surface area contributed by atoms with Crippen LogP contribution in [0.5, 0.6) is 5.75 Å².